The summed E-state index contributed by atoms with van der Waals surface area (Å²) in [5.74, 6) is 1.42. The third kappa shape index (κ3) is 2.47. The van der Waals surface area contributed by atoms with Crippen molar-refractivity contribution >= 4 is 0 Å². The molecule has 0 amide bonds. The molecule has 0 saturated carbocycles. The first-order chi connectivity index (χ1) is 10.3. The number of pyridine rings is 1. The summed E-state index contributed by atoms with van der Waals surface area (Å²) < 4.78 is 6.87. The first-order valence-corrected chi connectivity index (χ1v) is 6.37. The number of nitriles is 1. The van der Waals surface area contributed by atoms with Gasteiger partial charge in [0.05, 0.1) is 30.6 Å². The standard InChI is InChI=1S/C16H12N4O/c1-21-14-4-2-13(3-5-14)15-7-9-19-20(15)16-10-12(11-17)6-8-18-16/h2-10H,1H3. The zero-order valence-electron chi connectivity index (χ0n) is 11.4. The summed E-state index contributed by atoms with van der Waals surface area (Å²) in [6.45, 7) is 0. The highest BCUT2D eigenvalue weighted by molar-refractivity contribution is 5.62. The number of methoxy groups -OCH3 is 1. The van der Waals surface area contributed by atoms with Crippen LogP contribution in [0.25, 0.3) is 17.1 Å². The minimum absolute atomic E-state index is 0.552. The molecule has 0 fully saturated rings. The van der Waals surface area contributed by atoms with Crippen LogP contribution in [0.2, 0.25) is 0 Å². The van der Waals surface area contributed by atoms with E-state index in [1.807, 2.05) is 30.3 Å². The summed E-state index contributed by atoms with van der Waals surface area (Å²) in [4.78, 5) is 4.27. The van der Waals surface area contributed by atoms with E-state index in [0.717, 1.165) is 17.0 Å². The summed E-state index contributed by atoms with van der Waals surface area (Å²) in [5.41, 5.74) is 2.45. The van der Waals surface area contributed by atoms with Gasteiger partial charge in [-0.25, -0.2) is 9.67 Å². The molecule has 0 atom stereocenters. The molecule has 0 N–H and O–H groups in total. The second-order valence-corrected chi connectivity index (χ2v) is 4.37. The lowest BCUT2D eigenvalue weighted by Gasteiger charge is -2.07. The molecule has 3 rings (SSSR count). The highest BCUT2D eigenvalue weighted by Crippen LogP contribution is 2.24. The van der Waals surface area contributed by atoms with Gasteiger partial charge in [0.25, 0.3) is 0 Å². The lowest BCUT2D eigenvalue weighted by molar-refractivity contribution is 0.415. The van der Waals surface area contributed by atoms with Crippen molar-refractivity contribution in [2.45, 2.75) is 0 Å². The second kappa shape index (κ2) is 5.47. The fourth-order valence-corrected chi connectivity index (χ4v) is 2.07. The van der Waals surface area contributed by atoms with Gasteiger partial charge in [0.15, 0.2) is 5.82 Å². The van der Waals surface area contributed by atoms with Gasteiger partial charge in [-0.1, -0.05) is 0 Å². The molecule has 0 radical (unpaired) electrons. The average Bonchev–Trinajstić information content (AvgIpc) is 3.04. The summed E-state index contributed by atoms with van der Waals surface area (Å²) in [7, 11) is 1.64. The van der Waals surface area contributed by atoms with Gasteiger partial charge in [-0.15, -0.1) is 0 Å². The van der Waals surface area contributed by atoms with Crippen molar-refractivity contribution < 1.29 is 4.74 Å². The SMILES string of the molecule is COc1ccc(-c2ccnn2-c2cc(C#N)ccn2)cc1. The Hall–Kier alpha value is -3.13. The van der Waals surface area contributed by atoms with E-state index >= 15 is 0 Å². The van der Waals surface area contributed by atoms with E-state index in [4.69, 9.17) is 10.00 Å². The molecule has 0 aliphatic carbocycles. The lowest BCUT2D eigenvalue weighted by atomic mass is 10.1. The maximum Gasteiger partial charge on any atom is 0.155 e. The maximum atomic E-state index is 8.98. The summed E-state index contributed by atoms with van der Waals surface area (Å²) in [6.07, 6.45) is 3.31. The van der Waals surface area contributed by atoms with E-state index in [1.54, 1.807) is 36.3 Å². The number of aromatic nitrogens is 3. The molecule has 5 nitrogen and oxygen atoms in total. The highest BCUT2D eigenvalue weighted by atomic mass is 16.5. The van der Waals surface area contributed by atoms with Crippen LogP contribution in [0.3, 0.4) is 0 Å². The van der Waals surface area contributed by atoms with Gasteiger partial charge in [-0.2, -0.15) is 10.4 Å². The van der Waals surface area contributed by atoms with Crippen LogP contribution in [0.5, 0.6) is 5.75 Å². The average molecular weight is 276 g/mol. The molecule has 2 heterocycles. The van der Waals surface area contributed by atoms with Crippen molar-refractivity contribution in [1.29, 1.82) is 5.26 Å². The van der Waals surface area contributed by atoms with Crippen molar-refractivity contribution in [3.8, 4) is 28.9 Å². The Labute approximate surface area is 122 Å². The smallest absolute Gasteiger partial charge is 0.155 e. The zero-order chi connectivity index (χ0) is 14.7. The molecule has 2 aromatic heterocycles. The molecule has 21 heavy (non-hydrogen) atoms. The molecule has 102 valence electrons. The summed E-state index contributed by atoms with van der Waals surface area (Å²) in [6, 6.07) is 15.1. The van der Waals surface area contributed by atoms with Gasteiger partial charge >= 0.3 is 0 Å². The van der Waals surface area contributed by atoms with E-state index in [-0.39, 0.29) is 0 Å². The quantitative estimate of drug-likeness (QED) is 0.738. The molecule has 0 aliphatic heterocycles. The molecule has 3 aromatic rings. The predicted octanol–water partition coefficient (Wildman–Crippen LogP) is 2.81. The minimum Gasteiger partial charge on any atom is -0.497 e. The fraction of sp³-hybridized carbons (Fsp3) is 0.0625. The van der Waals surface area contributed by atoms with Gasteiger partial charge in [0.1, 0.15) is 5.75 Å². The van der Waals surface area contributed by atoms with Crippen LogP contribution in [-0.4, -0.2) is 21.9 Å². The topological polar surface area (TPSA) is 63.7 Å². The molecule has 0 aliphatic rings. The first-order valence-electron chi connectivity index (χ1n) is 6.37. The van der Waals surface area contributed by atoms with Gasteiger partial charge in [0, 0.05) is 17.8 Å². The lowest BCUT2D eigenvalue weighted by Crippen LogP contribution is -2.01. The summed E-state index contributed by atoms with van der Waals surface area (Å²) in [5, 5.41) is 13.3. The van der Waals surface area contributed by atoms with E-state index in [0.29, 0.717) is 11.4 Å². The van der Waals surface area contributed by atoms with Crippen LogP contribution in [0.1, 0.15) is 5.56 Å². The van der Waals surface area contributed by atoms with Crippen LogP contribution in [0.4, 0.5) is 0 Å². The van der Waals surface area contributed by atoms with E-state index in [9.17, 15) is 0 Å². The molecular formula is C16H12N4O. The zero-order valence-corrected chi connectivity index (χ0v) is 11.4. The monoisotopic (exact) mass is 276 g/mol. The largest absolute Gasteiger partial charge is 0.497 e. The van der Waals surface area contributed by atoms with Crippen LogP contribution in [-0.2, 0) is 0 Å². The molecule has 0 bridgehead atoms. The van der Waals surface area contributed by atoms with E-state index < -0.39 is 0 Å². The van der Waals surface area contributed by atoms with Crippen LogP contribution < -0.4 is 4.74 Å². The highest BCUT2D eigenvalue weighted by Gasteiger charge is 2.09. The number of nitrogens with zero attached hydrogens (tertiary/aromatic N) is 4. The molecule has 1 aromatic carbocycles. The van der Waals surface area contributed by atoms with Gasteiger partial charge in [-0.05, 0) is 36.4 Å². The third-order valence-corrected chi connectivity index (χ3v) is 3.12. The first kappa shape index (κ1) is 12.9. The van der Waals surface area contributed by atoms with Gasteiger partial charge < -0.3 is 4.74 Å². The summed E-state index contributed by atoms with van der Waals surface area (Å²) >= 11 is 0. The van der Waals surface area contributed by atoms with E-state index in [1.165, 1.54) is 0 Å². The Bertz CT molecular complexity index is 800. The van der Waals surface area contributed by atoms with Crippen molar-refractivity contribution in [3.63, 3.8) is 0 Å². The Kier molecular flexibility index (Phi) is 3.36. The van der Waals surface area contributed by atoms with Crippen LogP contribution in [0.15, 0.2) is 54.9 Å². The van der Waals surface area contributed by atoms with E-state index in [2.05, 4.69) is 16.2 Å². The molecule has 0 spiro atoms. The number of hydrogen-bond acceptors (Lipinski definition) is 4. The molecule has 5 heteroatoms. The predicted molar refractivity (Wildman–Crippen MR) is 78.1 cm³/mol. The second-order valence-electron chi connectivity index (χ2n) is 4.37. The van der Waals surface area contributed by atoms with Crippen molar-refractivity contribution in [3.05, 3.63) is 60.4 Å². The molecule has 0 unspecified atom stereocenters. The Morgan fingerprint density at radius 2 is 1.90 bits per heavy atom. The Morgan fingerprint density at radius 3 is 2.62 bits per heavy atom. The van der Waals surface area contributed by atoms with Crippen LogP contribution >= 0.6 is 0 Å². The Morgan fingerprint density at radius 1 is 1.10 bits per heavy atom. The van der Waals surface area contributed by atoms with Crippen molar-refractivity contribution in [1.82, 2.24) is 14.8 Å². The van der Waals surface area contributed by atoms with Crippen LogP contribution in [0, 0.1) is 11.3 Å². The number of benzene rings is 1. The van der Waals surface area contributed by atoms with Crippen molar-refractivity contribution in [2.75, 3.05) is 7.11 Å². The minimum atomic E-state index is 0.552. The number of rotatable bonds is 3. The van der Waals surface area contributed by atoms with Crippen molar-refractivity contribution in [2.24, 2.45) is 0 Å². The fourth-order valence-electron chi connectivity index (χ4n) is 2.07. The third-order valence-electron chi connectivity index (χ3n) is 3.12. The number of hydrogen-bond donors (Lipinski definition) is 0. The maximum absolute atomic E-state index is 8.98. The van der Waals surface area contributed by atoms with Gasteiger partial charge in [-0.3, -0.25) is 0 Å². The number of ether oxygens (including phenoxy) is 1. The van der Waals surface area contributed by atoms with Gasteiger partial charge in [0.2, 0.25) is 0 Å². The Balaban J connectivity index is 2.05. The molecular weight excluding hydrogens is 264 g/mol. The normalized spacial score (nSPS) is 10.1. The molecule has 0 saturated heterocycles.